The maximum Gasteiger partial charge on any atom is 0.586 e. The minimum atomic E-state index is -3.99. The lowest BCUT2D eigenvalue weighted by molar-refractivity contribution is -0.287. The fraction of sp³-hybridized carbons (Fsp3) is 0.0769. The van der Waals surface area contributed by atoms with E-state index < -0.39 is 35.3 Å². The van der Waals surface area contributed by atoms with Gasteiger partial charge >= 0.3 is 12.3 Å². The van der Waals surface area contributed by atoms with E-state index in [0.717, 1.165) is 18.2 Å². The summed E-state index contributed by atoms with van der Waals surface area (Å²) in [7, 11) is 0. The smallest absolute Gasteiger partial charge is 0.476 e. The number of carbonyl (C=O) groups is 1. The molecule has 1 aliphatic rings. The highest BCUT2D eigenvalue weighted by Crippen LogP contribution is 2.45. The van der Waals surface area contributed by atoms with Crippen molar-refractivity contribution in [3.05, 3.63) is 34.7 Å². The van der Waals surface area contributed by atoms with Crippen LogP contribution in [0.4, 0.5) is 18.9 Å². The van der Waals surface area contributed by atoms with Crippen LogP contribution >= 0.6 is 11.6 Å². The molecule has 3 N–H and O–H groups in total. The van der Waals surface area contributed by atoms with Crippen molar-refractivity contribution in [1.29, 1.82) is 0 Å². The fourth-order valence-corrected chi connectivity index (χ4v) is 2.19. The molecule has 3 rings (SSSR count). The number of benzene rings is 1. The first kappa shape index (κ1) is 15.2. The first-order chi connectivity index (χ1) is 10.7. The molecule has 0 radical (unpaired) electrons. The van der Waals surface area contributed by atoms with Crippen molar-refractivity contribution >= 4 is 23.3 Å². The van der Waals surface area contributed by atoms with Crippen LogP contribution in [0.25, 0.3) is 11.3 Å². The van der Waals surface area contributed by atoms with Crippen LogP contribution in [0, 0.1) is 5.82 Å². The molecule has 1 aromatic carbocycles. The van der Waals surface area contributed by atoms with Gasteiger partial charge in [0, 0.05) is 5.56 Å². The second kappa shape index (κ2) is 4.92. The lowest BCUT2D eigenvalue weighted by atomic mass is 10.1. The van der Waals surface area contributed by atoms with Crippen molar-refractivity contribution in [3.8, 4) is 22.8 Å². The largest absolute Gasteiger partial charge is 0.586 e. The van der Waals surface area contributed by atoms with Gasteiger partial charge in [0.1, 0.15) is 0 Å². The van der Waals surface area contributed by atoms with Gasteiger partial charge in [-0.15, -0.1) is 8.78 Å². The molecule has 0 aliphatic carbocycles. The molecule has 0 spiro atoms. The van der Waals surface area contributed by atoms with Crippen molar-refractivity contribution in [2.45, 2.75) is 6.29 Å². The number of pyridine rings is 1. The molecule has 0 saturated carbocycles. The highest BCUT2D eigenvalue weighted by molar-refractivity contribution is 6.35. The summed E-state index contributed by atoms with van der Waals surface area (Å²) in [6.45, 7) is 0. The summed E-state index contributed by atoms with van der Waals surface area (Å²) >= 11 is 5.71. The number of ether oxygens (including phenoxy) is 2. The Bertz CT molecular complexity index is 844. The molecule has 0 atom stereocenters. The van der Waals surface area contributed by atoms with E-state index in [2.05, 4.69) is 14.5 Å². The number of carboxylic acids is 1. The third kappa shape index (κ3) is 2.48. The number of nitrogens with two attached hydrogens (primary N) is 1. The van der Waals surface area contributed by atoms with Crippen LogP contribution in [-0.4, -0.2) is 22.4 Å². The molecule has 10 heteroatoms. The zero-order chi connectivity index (χ0) is 16.9. The maximum atomic E-state index is 14.4. The number of fused-ring (bicyclic) bond motifs is 1. The van der Waals surface area contributed by atoms with Gasteiger partial charge < -0.3 is 20.3 Å². The zero-order valence-electron chi connectivity index (χ0n) is 10.9. The predicted octanol–water partition coefficient (Wildman–Crippen LogP) is 3.14. The van der Waals surface area contributed by atoms with Gasteiger partial charge in [-0.05, 0) is 18.2 Å². The summed E-state index contributed by atoms with van der Waals surface area (Å²) < 4.78 is 48.6. The molecule has 120 valence electrons. The molecule has 0 amide bonds. The van der Waals surface area contributed by atoms with Crippen LogP contribution in [0.2, 0.25) is 5.02 Å². The van der Waals surface area contributed by atoms with Crippen molar-refractivity contribution in [2.75, 3.05) is 5.73 Å². The zero-order valence-corrected chi connectivity index (χ0v) is 11.7. The third-order valence-electron chi connectivity index (χ3n) is 2.98. The van der Waals surface area contributed by atoms with Gasteiger partial charge in [-0.2, -0.15) is 0 Å². The van der Waals surface area contributed by atoms with E-state index in [4.69, 9.17) is 22.4 Å². The first-order valence-electron chi connectivity index (χ1n) is 5.97. The Kier molecular flexibility index (Phi) is 3.25. The quantitative estimate of drug-likeness (QED) is 0.867. The summed E-state index contributed by atoms with van der Waals surface area (Å²) in [4.78, 5) is 14.8. The van der Waals surface area contributed by atoms with Gasteiger partial charge in [0.2, 0.25) is 5.75 Å². The summed E-state index contributed by atoms with van der Waals surface area (Å²) in [5.41, 5.74) is 4.32. The van der Waals surface area contributed by atoms with E-state index in [9.17, 15) is 18.0 Å². The van der Waals surface area contributed by atoms with E-state index in [1.807, 2.05) is 0 Å². The highest BCUT2D eigenvalue weighted by Gasteiger charge is 2.45. The average molecular weight is 347 g/mol. The molecule has 0 fully saturated rings. The van der Waals surface area contributed by atoms with Crippen LogP contribution in [0.15, 0.2) is 18.2 Å². The molecular formula is C13H6ClF3N2O4. The number of alkyl halides is 2. The Morgan fingerprint density at radius 2 is 2.04 bits per heavy atom. The summed E-state index contributed by atoms with van der Waals surface area (Å²) in [5, 5.41) is 8.70. The summed E-state index contributed by atoms with van der Waals surface area (Å²) in [5.74, 6) is -3.96. The van der Waals surface area contributed by atoms with Crippen LogP contribution in [-0.2, 0) is 0 Å². The predicted molar refractivity (Wildman–Crippen MR) is 72.2 cm³/mol. The van der Waals surface area contributed by atoms with Crippen LogP contribution in [0.5, 0.6) is 11.5 Å². The standard InChI is InChI=1S/C13H6ClF3N2O4/c14-8-5(18)3-6(19-10(8)12(20)21)4-1-2-7-11(9(4)15)23-13(16,17)22-7/h1-3H,(H2,18,19)(H,20,21). The maximum absolute atomic E-state index is 14.4. The van der Waals surface area contributed by atoms with Crippen LogP contribution in [0.1, 0.15) is 10.5 Å². The van der Waals surface area contributed by atoms with E-state index in [-0.39, 0.29) is 22.0 Å². The number of hydrogen-bond donors (Lipinski definition) is 2. The molecule has 0 unspecified atom stereocenters. The monoisotopic (exact) mass is 346 g/mol. The van der Waals surface area contributed by atoms with Gasteiger partial charge in [-0.1, -0.05) is 11.6 Å². The molecule has 23 heavy (non-hydrogen) atoms. The molecule has 1 aromatic heterocycles. The molecule has 6 nitrogen and oxygen atoms in total. The molecular weight excluding hydrogens is 341 g/mol. The van der Waals surface area contributed by atoms with Gasteiger partial charge in [-0.3, -0.25) is 0 Å². The molecule has 2 heterocycles. The van der Waals surface area contributed by atoms with Gasteiger partial charge in [-0.25, -0.2) is 14.2 Å². The highest BCUT2D eigenvalue weighted by atomic mass is 35.5. The number of hydrogen-bond acceptors (Lipinski definition) is 5. The van der Waals surface area contributed by atoms with Crippen molar-refractivity contribution in [1.82, 2.24) is 4.98 Å². The Balaban J connectivity index is 2.17. The van der Waals surface area contributed by atoms with Crippen LogP contribution in [0.3, 0.4) is 0 Å². The fourth-order valence-electron chi connectivity index (χ4n) is 2.01. The summed E-state index contributed by atoms with van der Waals surface area (Å²) in [6.07, 6.45) is -3.99. The van der Waals surface area contributed by atoms with Crippen LogP contribution < -0.4 is 15.2 Å². The van der Waals surface area contributed by atoms with Crippen molar-refractivity contribution in [2.24, 2.45) is 0 Å². The lowest BCUT2D eigenvalue weighted by Crippen LogP contribution is -2.26. The van der Waals surface area contributed by atoms with E-state index >= 15 is 0 Å². The normalized spacial score (nSPS) is 14.8. The van der Waals surface area contributed by atoms with E-state index in [1.165, 1.54) is 0 Å². The lowest BCUT2D eigenvalue weighted by Gasteiger charge is -2.09. The molecule has 1 aliphatic heterocycles. The Morgan fingerprint density at radius 3 is 2.70 bits per heavy atom. The second-order valence-corrected chi connectivity index (χ2v) is 4.86. The summed E-state index contributed by atoms with van der Waals surface area (Å²) in [6, 6.07) is 3.25. The minimum Gasteiger partial charge on any atom is -0.476 e. The van der Waals surface area contributed by atoms with E-state index in [1.54, 1.807) is 0 Å². The van der Waals surface area contributed by atoms with E-state index in [0.29, 0.717) is 0 Å². The Morgan fingerprint density at radius 1 is 1.35 bits per heavy atom. The third-order valence-corrected chi connectivity index (χ3v) is 3.37. The van der Waals surface area contributed by atoms with Gasteiger partial charge in [0.25, 0.3) is 0 Å². The van der Waals surface area contributed by atoms with Crippen molar-refractivity contribution < 1.29 is 32.5 Å². The topological polar surface area (TPSA) is 94.7 Å². The molecule has 0 bridgehead atoms. The van der Waals surface area contributed by atoms with Gasteiger partial charge in [0.05, 0.1) is 16.4 Å². The number of aromatic nitrogens is 1. The minimum absolute atomic E-state index is 0.156. The average Bonchev–Trinajstić information content (AvgIpc) is 2.77. The number of halogens is 4. The second-order valence-electron chi connectivity index (χ2n) is 4.49. The first-order valence-corrected chi connectivity index (χ1v) is 6.35. The number of rotatable bonds is 2. The Labute approximate surface area is 131 Å². The molecule has 0 saturated heterocycles. The Hall–Kier alpha value is -2.68. The number of nitrogen functional groups attached to an aromatic ring is 1. The number of nitrogens with zero attached hydrogens (tertiary/aromatic N) is 1. The number of aromatic carboxylic acids is 1. The number of carboxylic acid groups (broad SMARTS) is 1. The van der Waals surface area contributed by atoms with Crippen molar-refractivity contribution in [3.63, 3.8) is 0 Å². The number of anilines is 1. The SMILES string of the molecule is Nc1cc(-c2ccc3c(c2F)OC(F)(F)O3)nc(C(=O)O)c1Cl. The van der Waals surface area contributed by atoms with Gasteiger partial charge in [0.15, 0.2) is 17.3 Å². The molecule has 2 aromatic rings.